The van der Waals surface area contributed by atoms with E-state index < -0.39 is 5.82 Å². The van der Waals surface area contributed by atoms with Gasteiger partial charge in [-0.05, 0) is 67.5 Å². The van der Waals surface area contributed by atoms with E-state index in [9.17, 15) is 9.90 Å². The number of phenolic OH excluding ortho intramolecular Hbond substituents is 1. The van der Waals surface area contributed by atoms with Crippen molar-refractivity contribution >= 4 is 17.4 Å². The summed E-state index contributed by atoms with van der Waals surface area (Å²) in [6.45, 7) is 6.66. The van der Waals surface area contributed by atoms with Crippen LogP contribution in [0.5, 0.6) is 11.5 Å². The van der Waals surface area contributed by atoms with Crippen LogP contribution in [0, 0.1) is 5.82 Å². The van der Waals surface area contributed by atoms with Crippen LogP contribution in [0.1, 0.15) is 44.6 Å². The molecule has 38 heavy (non-hydrogen) atoms. The molecule has 0 atom stereocenters. The van der Waals surface area contributed by atoms with Crippen molar-refractivity contribution in [2.75, 3.05) is 44.6 Å². The third kappa shape index (κ3) is 6.19. The summed E-state index contributed by atoms with van der Waals surface area (Å²) >= 11 is 0. The number of aromatic hydroxyl groups is 1. The van der Waals surface area contributed by atoms with Crippen LogP contribution in [0.3, 0.4) is 0 Å². The van der Waals surface area contributed by atoms with Crippen molar-refractivity contribution in [3.05, 3.63) is 59.4 Å². The fourth-order valence-electron chi connectivity index (χ4n) is 4.99. The molecule has 1 aliphatic carbocycles. The van der Waals surface area contributed by atoms with Crippen LogP contribution in [-0.4, -0.2) is 61.3 Å². The zero-order valence-corrected chi connectivity index (χ0v) is 21.9. The molecule has 2 aliphatic heterocycles. The Morgan fingerprint density at radius 3 is 2.74 bits per heavy atom. The van der Waals surface area contributed by atoms with Crippen molar-refractivity contribution in [1.29, 1.82) is 0 Å². The normalized spacial score (nSPS) is 21.5. The molecule has 202 valence electrons. The van der Waals surface area contributed by atoms with Gasteiger partial charge in [0.15, 0.2) is 5.82 Å². The second-order valence-corrected chi connectivity index (χ2v) is 10.2. The highest BCUT2D eigenvalue weighted by atomic mass is 19.1. The Bertz CT molecular complexity index is 1230. The van der Waals surface area contributed by atoms with Crippen molar-refractivity contribution in [1.82, 2.24) is 10.2 Å². The molecule has 0 radical (unpaired) electrons. The third-order valence-electron chi connectivity index (χ3n) is 7.26. The van der Waals surface area contributed by atoms with E-state index in [1.54, 1.807) is 12.1 Å². The number of para-hydroxylation sites is 1. The van der Waals surface area contributed by atoms with Crippen LogP contribution in [-0.2, 0) is 9.53 Å². The molecule has 2 aromatic carbocycles. The van der Waals surface area contributed by atoms with Crippen molar-refractivity contribution < 1.29 is 23.8 Å². The number of phenols is 1. The van der Waals surface area contributed by atoms with E-state index in [0.29, 0.717) is 29.1 Å². The molecular formula is C30H36FN3O4. The lowest BCUT2D eigenvalue weighted by Gasteiger charge is -2.28. The maximum absolute atomic E-state index is 15.3. The van der Waals surface area contributed by atoms with Gasteiger partial charge in [-0.1, -0.05) is 18.2 Å². The highest BCUT2D eigenvalue weighted by Gasteiger charge is 2.24. The smallest absolute Gasteiger partial charge is 0.221 e. The maximum atomic E-state index is 15.3. The largest absolute Gasteiger partial charge is 0.507 e. The first-order valence-corrected chi connectivity index (χ1v) is 13.5. The van der Waals surface area contributed by atoms with Gasteiger partial charge in [-0.2, -0.15) is 0 Å². The predicted octanol–water partition coefficient (Wildman–Crippen LogP) is 5.07. The number of rotatable bonds is 7. The molecule has 0 aromatic heterocycles. The average Bonchev–Trinajstić information content (AvgIpc) is 2.85. The van der Waals surface area contributed by atoms with Gasteiger partial charge in [0.25, 0.3) is 0 Å². The number of carbonyl (C=O) groups is 1. The Kier molecular flexibility index (Phi) is 8.29. The van der Waals surface area contributed by atoms with E-state index in [0.717, 1.165) is 70.4 Å². The van der Waals surface area contributed by atoms with Gasteiger partial charge in [-0.15, -0.1) is 0 Å². The molecule has 2 heterocycles. The fourth-order valence-corrected chi connectivity index (χ4v) is 4.99. The fraction of sp³-hybridized carbons (Fsp3) is 0.433. The van der Waals surface area contributed by atoms with Gasteiger partial charge in [0.1, 0.15) is 22.9 Å². The minimum Gasteiger partial charge on any atom is -0.507 e. The summed E-state index contributed by atoms with van der Waals surface area (Å²) in [5.74, 6) is -0.0984. The maximum Gasteiger partial charge on any atom is 0.221 e. The van der Waals surface area contributed by atoms with E-state index in [1.807, 2.05) is 18.2 Å². The number of halogens is 1. The summed E-state index contributed by atoms with van der Waals surface area (Å²) in [6, 6.07) is 8.41. The van der Waals surface area contributed by atoms with Gasteiger partial charge in [0.2, 0.25) is 5.91 Å². The van der Waals surface area contributed by atoms with E-state index in [2.05, 4.69) is 21.6 Å². The number of carbonyl (C=O) groups excluding carboxylic acids is 1. The number of amides is 1. The molecular weight excluding hydrogens is 485 g/mol. The topological polar surface area (TPSA) is 83.1 Å². The molecule has 1 amide bonds. The number of anilines is 1. The summed E-state index contributed by atoms with van der Waals surface area (Å²) in [4.78, 5) is 14.1. The lowest BCUT2D eigenvalue weighted by Crippen LogP contribution is -2.44. The second kappa shape index (κ2) is 12.0. The number of allylic oxidation sites excluding steroid dienone is 1. The number of benzene rings is 2. The number of nitrogens with zero attached hydrogens (tertiary/aromatic N) is 1. The van der Waals surface area contributed by atoms with Crippen molar-refractivity contribution in [3.8, 4) is 22.6 Å². The van der Waals surface area contributed by atoms with E-state index in [-0.39, 0.29) is 29.2 Å². The number of hydrogen-bond acceptors (Lipinski definition) is 6. The van der Waals surface area contributed by atoms with Gasteiger partial charge in [-0.25, -0.2) is 4.39 Å². The van der Waals surface area contributed by atoms with Crippen molar-refractivity contribution in [3.63, 3.8) is 0 Å². The molecule has 2 fully saturated rings. The molecule has 5 rings (SSSR count). The zero-order chi connectivity index (χ0) is 26.5. The molecule has 7 nitrogen and oxygen atoms in total. The van der Waals surface area contributed by atoms with Crippen molar-refractivity contribution in [2.24, 2.45) is 0 Å². The molecule has 2 aromatic rings. The minimum absolute atomic E-state index is 0.00791. The van der Waals surface area contributed by atoms with Gasteiger partial charge in [-0.3, -0.25) is 9.69 Å². The summed E-state index contributed by atoms with van der Waals surface area (Å²) < 4.78 is 27.4. The Hall–Kier alpha value is -3.36. The standard InChI is InChI=1S/C30H36FN3O4/c1-20(35)33-29-26(31)17-22(18-28(29)38-23-7-4-8-23)24-9-5-10-25(30(24)36)27-16-21(6-2-3-15-37-27)19-34-13-11-32-12-14-34/h5-6,9-10,16-18,23,32,36H,2-4,7-8,11-15,19H2,1H3,(H,33,35)/b21-6-,27-16-. The molecule has 3 aliphatic rings. The summed E-state index contributed by atoms with van der Waals surface area (Å²) in [7, 11) is 0. The lowest BCUT2D eigenvalue weighted by molar-refractivity contribution is -0.114. The number of hydrogen-bond donors (Lipinski definition) is 3. The van der Waals surface area contributed by atoms with Crippen LogP contribution in [0.4, 0.5) is 10.1 Å². The van der Waals surface area contributed by atoms with Crippen LogP contribution in [0.25, 0.3) is 16.9 Å². The Morgan fingerprint density at radius 1 is 1.21 bits per heavy atom. The van der Waals surface area contributed by atoms with Crippen LogP contribution < -0.4 is 15.4 Å². The van der Waals surface area contributed by atoms with Crippen LogP contribution in [0.2, 0.25) is 0 Å². The van der Waals surface area contributed by atoms with Crippen molar-refractivity contribution in [2.45, 2.75) is 45.1 Å². The van der Waals surface area contributed by atoms with E-state index >= 15 is 4.39 Å². The predicted molar refractivity (Wildman–Crippen MR) is 147 cm³/mol. The number of nitrogens with one attached hydrogen (secondary N) is 2. The van der Waals surface area contributed by atoms with E-state index in [1.165, 1.54) is 13.0 Å². The first-order chi connectivity index (χ1) is 18.5. The Balaban J connectivity index is 1.48. The summed E-state index contributed by atoms with van der Waals surface area (Å²) in [5, 5.41) is 17.4. The SMILES string of the molecule is CC(=O)Nc1c(F)cc(-c2cccc(/C3=C/C(CN4CCNCC4)=C/CCCO3)c2O)cc1OC1CCC1. The third-order valence-corrected chi connectivity index (χ3v) is 7.26. The quantitative estimate of drug-likeness (QED) is 0.472. The minimum atomic E-state index is -0.612. The number of piperazine rings is 1. The van der Waals surface area contributed by atoms with Gasteiger partial charge in [0.05, 0.1) is 18.3 Å². The molecule has 0 spiro atoms. The highest BCUT2D eigenvalue weighted by Crippen LogP contribution is 2.42. The molecule has 3 N–H and O–H groups in total. The summed E-state index contributed by atoms with van der Waals surface area (Å²) in [5.41, 5.74) is 2.68. The first-order valence-electron chi connectivity index (χ1n) is 13.5. The Morgan fingerprint density at radius 2 is 2.00 bits per heavy atom. The van der Waals surface area contributed by atoms with Crippen LogP contribution in [0.15, 0.2) is 48.1 Å². The number of ether oxygens (including phenoxy) is 2. The highest BCUT2D eigenvalue weighted by molar-refractivity contribution is 5.92. The van der Waals surface area contributed by atoms with Gasteiger partial charge >= 0.3 is 0 Å². The molecule has 1 saturated heterocycles. The first kappa shape index (κ1) is 26.3. The van der Waals surface area contributed by atoms with Gasteiger partial charge in [0, 0.05) is 45.2 Å². The molecule has 8 heteroatoms. The van der Waals surface area contributed by atoms with Crippen LogP contribution >= 0.6 is 0 Å². The summed E-state index contributed by atoms with van der Waals surface area (Å²) in [6.07, 6.45) is 8.94. The monoisotopic (exact) mass is 521 g/mol. The lowest BCUT2D eigenvalue weighted by atomic mass is 9.95. The van der Waals surface area contributed by atoms with Gasteiger partial charge < -0.3 is 25.2 Å². The molecule has 0 unspecified atom stereocenters. The zero-order valence-electron chi connectivity index (χ0n) is 21.9. The molecule has 1 saturated carbocycles. The molecule has 0 bridgehead atoms. The average molecular weight is 522 g/mol. The van der Waals surface area contributed by atoms with E-state index in [4.69, 9.17) is 9.47 Å². The Labute approximate surface area is 223 Å². The second-order valence-electron chi connectivity index (χ2n) is 10.2.